The highest BCUT2D eigenvalue weighted by molar-refractivity contribution is 5.83. The van der Waals surface area contributed by atoms with Gasteiger partial charge in [-0.15, -0.1) is 0 Å². The predicted octanol–water partition coefficient (Wildman–Crippen LogP) is 3.18. The molecule has 1 saturated carbocycles. The van der Waals surface area contributed by atoms with E-state index in [1.54, 1.807) is 13.2 Å². The van der Waals surface area contributed by atoms with Crippen LogP contribution in [-0.4, -0.2) is 49.7 Å². The molecule has 0 radical (unpaired) electrons. The molecule has 2 aliphatic heterocycles. The summed E-state index contributed by atoms with van der Waals surface area (Å²) in [7, 11) is 1.70. The Balaban J connectivity index is 1.82. The molecule has 2 saturated heterocycles. The van der Waals surface area contributed by atoms with Gasteiger partial charge < -0.3 is 18.9 Å². The number of epoxide rings is 2. The van der Waals surface area contributed by atoms with Crippen LogP contribution in [0.4, 0.5) is 0 Å². The van der Waals surface area contributed by atoms with Crippen LogP contribution in [0.3, 0.4) is 0 Å². The van der Waals surface area contributed by atoms with Gasteiger partial charge in [0.15, 0.2) is 0 Å². The molecular weight excluding hydrogens is 320 g/mol. The molecule has 2 heterocycles. The smallest absolute Gasteiger partial charge is 0.330 e. The van der Waals surface area contributed by atoms with Gasteiger partial charge in [-0.25, -0.2) is 4.79 Å². The number of esters is 1. The first-order chi connectivity index (χ1) is 11.9. The van der Waals surface area contributed by atoms with Crippen LogP contribution in [-0.2, 0) is 23.7 Å². The van der Waals surface area contributed by atoms with Crippen LogP contribution in [0.5, 0.6) is 0 Å². The van der Waals surface area contributed by atoms with Crippen LogP contribution in [0, 0.1) is 5.92 Å². The summed E-state index contributed by atoms with van der Waals surface area (Å²) < 4.78 is 23.0. The van der Waals surface area contributed by atoms with E-state index in [2.05, 4.69) is 26.8 Å². The zero-order valence-corrected chi connectivity index (χ0v) is 16.0. The van der Waals surface area contributed by atoms with E-state index in [0.29, 0.717) is 6.61 Å². The Hall–Kier alpha value is -1.17. The lowest BCUT2D eigenvalue weighted by Gasteiger charge is -2.40. The minimum absolute atomic E-state index is 0.0926. The molecule has 0 aromatic carbocycles. The molecule has 0 N–H and O–H groups in total. The van der Waals surface area contributed by atoms with Gasteiger partial charge >= 0.3 is 5.97 Å². The third-order valence-electron chi connectivity index (χ3n) is 5.77. The molecule has 0 bridgehead atoms. The molecule has 1 unspecified atom stereocenters. The zero-order valence-electron chi connectivity index (χ0n) is 16.0. The van der Waals surface area contributed by atoms with E-state index in [-0.39, 0.29) is 35.3 Å². The van der Waals surface area contributed by atoms with Gasteiger partial charge in [0, 0.05) is 13.2 Å². The Morgan fingerprint density at radius 3 is 2.68 bits per heavy atom. The van der Waals surface area contributed by atoms with Gasteiger partial charge in [0.1, 0.15) is 11.2 Å². The zero-order chi connectivity index (χ0) is 18.2. The molecule has 1 aliphatic carbocycles. The third kappa shape index (κ3) is 3.55. The number of hydrogen-bond donors (Lipinski definition) is 0. The minimum Gasteiger partial charge on any atom is -0.463 e. The summed E-state index contributed by atoms with van der Waals surface area (Å²) in [4.78, 5) is 11.9. The van der Waals surface area contributed by atoms with Crippen molar-refractivity contribution in [2.75, 3.05) is 20.3 Å². The Kier molecular flexibility index (Phi) is 5.11. The monoisotopic (exact) mass is 350 g/mol. The first-order valence-electron chi connectivity index (χ1n) is 9.21. The van der Waals surface area contributed by atoms with Gasteiger partial charge in [-0.05, 0) is 52.5 Å². The van der Waals surface area contributed by atoms with Crippen molar-refractivity contribution in [1.29, 1.82) is 0 Å². The molecule has 0 amide bonds. The van der Waals surface area contributed by atoms with E-state index in [0.717, 1.165) is 31.4 Å². The van der Waals surface area contributed by atoms with Gasteiger partial charge in [-0.2, -0.15) is 0 Å². The number of ether oxygens (including phenoxy) is 4. The van der Waals surface area contributed by atoms with Gasteiger partial charge in [-0.1, -0.05) is 11.6 Å². The standard InChI is InChI=1S/C20H30O5/c1-6-23-16(21)11-14-9-10-20(12-24-20)18(17(14)22-5)19(4)15(25-19)8-7-13(2)3/h7,11,15,17-18H,6,8-10,12H2,1-5H3/b14-11-/t15-,17-,18?,19+,20+/m1/s1. The predicted molar refractivity (Wildman–Crippen MR) is 94.2 cm³/mol. The summed E-state index contributed by atoms with van der Waals surface area (Å²) in [6.45, 7) is 9.30. The summed E-state index contributed by atoms with van der Waals surface area (Å²) >= 11 is 0. The first kappa shape index (κ1) is 18.6. The number of methoxy groups -OCH3 is 1. The number of hydrogen-bond acceptors (Lipinski definition) is 5. The van der Waals surface area contributed by atoms with Gasteiger partial charge in [0.2, 0.25) is 0 Å². The largest absolute Gasteiger partial charge is 0.463 e. The molecular formula is C20H30O5. The van der Waals surface area contributed by atoms with Gasteiger partial charge in [-0.3, -0.25) is 0 Å². The number of rotatable bonds is 6. The summed E-state index contributed by atoms with van der Waals surface area (Å²) in [6.07, 6.45) is 6.42. The molecule has 3 aliphatic rings. The van der Waals surface area contributed by atoms with Crippen LogP contribution in [0.1, 0.15) is 47.0 Å². The van der Waals surface area contributed by atoms with Crippen LogP contribution in [0.2, 0.25) is 0 Å². The van der Waals surface area contributed by atoms with E-state index in [1.165, 1.54) is 5.57 Å². The van der Waals surface area contributed by atoms with E-state index < -0.39 is 0 Å². The Morgan fingerprint density at radius 1 is 1.40 bits per heavy atom. The second kappa shape index (κ2) is 6.86. The maximum absolute atomic E-state index is 11.9. The Labute approximate surface area is 150 Å². The van der Waals surface area contributed by atoms with Crippen molar-refractivity contribution in [3.8, 4) is 0 Å². The molecule has 3 rings (SSSR count). The molecule has 5 heteroatoms. The van der Waals surface area contributed by atoms with Crippen LogP contribution in [0.15, 0.2) is 23.3 Å². The quantitative estimate of drug-likeness (QED) is 0.319. The van der Waals surface area contributed by atoms with Gasteiger partial charge in [0.05, 0.1) is 31.3 Å². The molecule has 0 aromatic rings. The summed E-state index contributed by atoms with van der Waals surface area (Å²) in [6, 6.07) is 0. The average Bonchev–Trinajstić information content (AvgIpc) is 3.45. The van der Waals surface area contributed by atoms with E-state index in [4.69, 9.17) is 18.9 Å². The van der Waals surface area contributed by atoms with E-state index in [9.17, 15) is 4.79 Å². The third-order valence-corrected chi connectivity index (χ3v) is 5.77. The molecule has 3 fully saturated rings. The van der Waals surface area contributed by atoms with Crippen LogP contribution >= 0.6 is 0 Å². The second-order valence-corrected chi connectivity index (χ2v) is 7.77. The van der Waals surface area contributed by atoms with Crippen LogP contribution in [0.25, 0.3) is 0 Å². The van der Waals surface area contributed by atoms with Gasteiger partial charge in [0.25, 0.3) is 0 Å². The summed E-state index contributed by atoms with van der Waals surface area (Å²) in [5.41, 5.74) is 1.84. The SMILES string of the molecule is CCOC(=O)/C=C1/CC[C@]2(CO2)C([C@@]2(C)O[C@@H]2CC=C(C)C)[C@@H]1OC. The van der Waals surface area contributed by atoms with Crippen molar-refractivity contribution in [3.63, 3.8) is 0 Å². The maximum atomic E-state index is 11.9. The highest BCUT2D eigenvalue weighted by Gasteiger charge is 2.71. The fourth-order valence-corrected chi connectivity index (χ4v) is 4.33. The number of allylic oxidation sites excluding steroid dienone is 1. The normalized spacial score (nSPS) is 40.8. The van der Waals surface area contributed by atoms with Crippen molar-refractivity contribution in [3.05, 3.63) is 23.3 Å². The fourth-order valence-electron chi connectivity index (χ4n) is 4.33. The molecule has 140 valence electrons. The number of carbonyl (C=O) groups excluding carboxylic acids is 1. The molecule has 1 spiro atoms. The highest BCUT2D eigenvalue weighted by Crippen LogP contribution is 2.60. The first-order valence-corrected chi connectivity index (χ1v) is 9.21. The highest BCUT2D eigenvalue weighted by atomic mass is 16.6. The average molecular weight is 350 g/mol. The van der Waals surface area contributed by atoms with Crippen molar-refractivity contribution in [2.24, 2.45) is 5.92 Å². The lowest BCUT2D eigenvalue weighted by molar-refractivity contribution is -0.137. The summed E-state index contributed by atoms with van der Waals surface area (Å²) in [5.74, 6) is -0.205. The summed E-state index contributed by atoms with van der Waals surface area (Å²) in [5, 5.41) is 0. The van der Waals surface area contributed by atoms with Crippen molar-refractivity contribution < 1.29 is 23.7 Å². The molecule has 5 nitrogen and oxygen atoms in total. The second-order valence-electron chi connectivity index (χ2n) is 7.77. The fraction of sp³-hybridized carbons (Fsp3) is 0.750. The van der Waals surface area contributed by atoms with E-state index in [1.807, 2.05) is 6.92 Å². The molecule has 0 aromatic heterocycles. The lowest BCUT2D eigenvalue weighted by atomic mass is 9.67. The molecule has 5 atom stereocenters. The topological polar surface area (TPSA) is 60.6 Å². The van der Waals surface area contributed by atoms with Crippen molar-refractivity contribution in [2.45, 2.75) is 70.4 Å². The van der Waals surface area contributed by atoms with E-state index >= 15 is 0 Å². The van der Waals surface area contributed by atoms with Crippen LogP contribution < -0.4 is 0 Å². The Morgan fingerprint density at radius 2 is 2.12 bits per heavy atom. The minimum atomic E-state index is -0.297. The van der Waals surface area contributed by atoms with Crippen molar-refractivity contribution in [1.82, 2.24) is 0 Å². The maximum Gasteiger partial charge on any atom is 0.330 e. The lowest BCUT2D eigenvalue weighted by Crippen LogP contribution is -2.50. The molecule has 25 heavy (non-hydrogen) atoms. The Bertz CT molecular complexity index is 585. The van der Waals surface area contributed by atoms with Crippen molar-refractivity contribution >= 4 is 5.97 Å². The number of carbonyl (C=O) groups is 1.